The zero-order valence-electron chi connectivity index (χ0n) is 15.7. The Labute approximate surface area is 157 Å². The molecule has 0 unspecified atom stereocenters. The monoisotopic (exact) mass is 366 g/mol. The Morgan fingerprint density at radius 3 is 2.56 bits per heavy atom. The summed E-state index contributed by atoms with van der Waals surface area (Å²) in [5, 5.41) is 0.878. The van der Waals surface area contributed by atoms with E-state index in [-0.39, 0.29) is 12.2 Å². The summed E-state index contributed by atoms with van der Waals surface area (Å²) in [4.78, 5) is 24.7. The van der Waals surface area contributed by atoms with E-state index >= 15 is 0 Å². The zero-order valence-corrected chi connectivity index (χ0v) is 15.7. The van der Waals surface area contributed by atoms with Crippen molar-refractivity contribution in [1.29, 1.82) is 0 Å². The van der Waals surface area contributed by atoms with Crippen LogP contribution in [0, 0.1) is 6.92 Å². The minimum Gasteiger partial charge on any atom is -0.494 e. The SMILES string of the molecule is CCOc1ccc(C(=O)[C@@H](C)OC(=O)Cc2coc3cc(C)ccc23)cc1. The predicted molar refractivity (Wildman–Crippen MR) is 102 cm³/mol. The van der Waals surface area contributed by atoms with Crippen LogP contribution >= 0.6 is 0 Å². The number of hydrogen-bond donors (Lipinski definition) is 0. The van der Waals surface area contributed by atoms with Crippen LogP contribution in [0.4, 0.5) is 0 Å². The number of rotatable bonds is 7. The Hall–Kier alpha value is -3.08. The molecule has 27 heavy (non-hydrogen) atoms. The van der Waals surface area contributed by atoms with Crippen LogP contribution in [-0.2, 0) is 16.0 Å². The van der Waals surface area contributed by atoms with Gasteiger partial charge in [0.1, 0.15) is 11.3 Å². The molecule has 5 heteroatoms. The summed E-state index contributed by atoms with van der Waals surface area (Å²) >= 11 is 0. The average Bonchev–Trinajstić information content (AvgIpc) is 3.03. The van der Waals surface area contributed by atoms with Crippen LogP contribution in [-0.4, -0.2) is 24.5 Å². The molecule has 0 aliphatic rings. The maximum atomic E-state index is 12.5. The summed E-state index contributed by atoms with van der Waals surface area (Å²) in [5.41, 5.74) is 3.04. The average molecular weight is 366 g/mol. The van der Waals surface area contributed by atoms with Gasteiger partial charge in [0, 0.05) is 16.5 Å². The number of hydrogen-bond acceptors (Lipinski definition) is 5. The van der Waals surface area contributed by atoms with Crippen LogP contribution in [0.5, 0.6) is 5.75 Å². The second-order valence-corrected chi connectivity index (χ2v) is 6.39. The molecule has 0 N–H and O–H groups in total. The van der Waals surface area contributed by atoms with Crippen molar-refractivity contribution in [2.24, 2.45) is 0 Å². The van der Waals surface area contributed by atoms with Gasteiger partial charge in [-0.1, -0.05) is 12.1 Å². The smallest absolute Gasteiger partial charge is 0.311 e. The molecule has 0 fully saturated rings. The largest absolute Gasteiger partial charge is 0.494 e. The highest BCUT2D eigenvalue weighted by atomic mass is 16.5. The highest BCUT2D eigenvalue weighted by molar-refractivity contribution is 6.00. The highest BCUT2D eigenvalue weighted by Gasteiger charge is 2.21. The van der Waals surface area contributed by atoms with Gasteiger partial charge < -0.3 is 13.9 Å². The summed E-state index contributed by atoms with van der Waals surface area (Å²) in [7, 11) is 0. The van der Waals surface area contributed by atoms with Crippen molar-refractivity contribution in [3.8, 4) is 5.75 Å². The van der Waals surface area contributed by atoms with Crippen LogP contribution < -0.4 is 4.74 Å². The Kier molecular flexibility index (Phi) is 5.60. The molecule has 0 amide bonds. The number of carbonyl (C=O) groups excluding carboxylic acids is 2. The van der Waals surface area contributed by atoms with Crippen LogP contribution in [0.2, 0.25) is 0 Å². The van der Waals surface area contributed by atoms with E-state index in [1.54, 1.807) is 37.5 Å². The topological polar surface area (TPSA) is 65.7 Å². The number of furan rings is 1. The number of aryl methyl sites for hydroxylation is 1. The van der Waals surface area contributed by atoms with Gasteiger partial charge in [0.15, 0.2) is 6.10 Å². The van der Waals surface area contributed by atoms with Crippen molar-refractivity contribution in [3.05, 3.63) is 65.4 Å². The third kappa shape index (κ3) is 4.37. The van der Waals surface area contributed by atoms with Crippen LogP contribution in [0.15, 0.2) is 53.1 Å². The molecule has 5 nitrogen and oxygen atoms in total. The maximum Gasteiger partial charge on any atom is 0.311 e. The lowest BCUT2D eigenvalue weighted by molar-refractivity contribution is -0.145. The molecular weight excluding hydrogens is 344 g/mol. The van der Waals surface area contributed by atoms with Crippen molar-refractivity contribution in [1.82, 2.24) is 0 Å². The molecule has 0 spiro atoms. The number of carbonyl (C=O) groups is 2. The van der Waals surface area contributed by atoms with Gasteiger partial charge in [0.2, 0.25) is 5.78 Å². The molecule has 1 aromatic heterocycles. The molecule has 140 valence electrons. The fourth-order valence-electron chi connectivity index (χ4n) is 2.89. The molecule has 3 rings (SSSR count). The molecule has 3 aromatic rings. The normalized spacial score (nSPS) is 12.0. The standard InChI is InChI=1S/C22H22O5/c1-4-25-18-8-6-16(7-9-18)22(24)15(3)27-21(23)12-17-13-26-20-11-14(2)5-10-19(17)20/h5-11,13,15H,4,12H2,1-3H3/t15-/m1/s1. The Morgan fingerprint density at radius 1 is 1.11 bits per heavy atom. The molecule has 2 aromatic carbocycles. The summed E-state index contributed by atoms with van der Waals surface area (Å²) in [6.07, 6.45) is 0.747. The summed E-state index contributed by atoms with van der Waals surface area (Å²) < 4.78 is 16.2. The molecule has 0 saturated carbocycles. The number of fused-ring (bicyclic) bond motifs is 1. The van der Waals surface area contributed by atoms with Gasteiger partial charge in [-0.15, -0.1) is 0 Å². The highest BCUT2D eigenvalue weighted by Crippen LogP contribution is 2.23. The molecule has 0 radical (unpaired) electrons. The van der Waals surface area contributed by atoms with Crippen molar-refractivity contribution < 1.29 is 23.5 Å². The number of ether oxygens (including phenoxy) is 2. The minimum atomic E-state index is -0.865. The van der Waals surface area contributed by atoms with Gasteiger partial charge >= 0.3 is 5.97 Å². The van der Waals surface area contributed by atoms with E-state index in [9.17, 15) is 9.59 Å². The molecule has 0 saturated heterocycles. The van der Waals surface area contributed by atoms with E-state index in [0.717, 1.165) is 22.1 Å². The molecule has 1 atom stereocenters. The van der Waals surface area contributed by atoms with Crippen LogP contribution in [0.3, 0.4) is 0 Å². The van der Waals surface area contributed by atoms with Crippen LogP contribution in [0.25, 0.3) is 11.0 Å². The fraction of sp³-hybridized carbons (Fsp3) is 0.273. The van der Waals surface area contributed by atoms with Gasteiger partial charge in [0.25, 0.3) is 0 Å². The van der Waals surface area contributed by atoms with Crippen molar-refractivity contribution in [3.63, 3.8) is 0 Å². The molecule has 0 aliphatic heterocycles. The zero-order chi connectivity index (χ0) is 19.4. The van der Waals surface area contributed by atoms with E-state index in [1.807, 2.05) is 32.0 Å². The fourth-order valence-corrected chi connectivity index (χ4v) is 2.89. The van der Waals surface area contributed by atoms with Gasteiger partial charge in [-0.25, -0.2) is 0 Å². The van der Waals surface area contributed by atoms with Crippen molar-refractivity contribution in [2.45, 2.75) is 33.3 Å². The third-order valence-electron chi connectivity index (χ3n) is 4.27. The summed E-state index contributed by atoms with van der Waals surface area (Å²) in [6.45, 7) is 6.01. The quantitative estimate of drug-likeness (QED) is 0.455. The number of Topliss-reactive ketones (excluding diaryl/α,β-unsaturated/α-hetero) is 1. The first-order valence-electron chi connectivity index (χ1n) is 8.91. The Bertz CT molecular complexity index is 952. The summed E-state index contributed by atoms with van der Waals surface area (Å²) in [5.74, 6) is -0.0232. The molecular formula is C22H22O5. The number of benzene rings is 2. The van der Waals surface area contributed by atoms with Gasteiger partial charge in [-0.3, -0.25) is 9.59 Å². The van der Waals surface area contributed by atoms with Crippen LogP contribution in [0.1, 0.15) is 35.3 Å². The first-order chi connectivity index (χ1) is 13.0. The van der Waals surface area contributed by atoms with E-state index in [2.05, 4.69) is 0 Å². The maximum absolute atomic E-state index is 12.5. The van der Waals surface area contributed by atoms with Gasteiger partial charge in [-0.2, -0.15) is 0 Å². The van der Waals surface area contributed by atoms with E-state index < -0.39 is 12.1 Å². The second-order valence-electron chi connectivity index (χ2n) is 6.39. The molecule has 1 heterocycles. The van der Waals surface area contributed by atoms with Gasteiger partial charge in [-0.05, 0) is 56.7 Å². The summed E-state index contributed by atoms with van der Waals surface area (Å²) in [6, 6.07) is 12.6. The van der Waals surface area contributed by atoms with Crippen molar-refractivity contribution in [2.75, 3.05) is 6.61 Å². The molecule has 0 bridgehead atoms. The van der Waals surface area contributed by atoms with Crippen molar-refractivity contribution >= 4 is 22.7 Å². The third-order valence-corrected chi connectivity index (χ3v) is 4.27. The van der Waals surface area contributed by atoms with E-state index in [0.29, 0.717) is 17.9 Å². The predicted octanol–water partition coefficient (Wildman–Crippen LogP) is 4.50. The molecule has 0 aliphatic carbocycles. The lowest BCUT2D eigenvalue weighted by Gasteiger charge is -2.12. The first kappa shape index (κ1) is 18.7. The lowest BCUT2D eigenvalue weighted by Crippen LogP contribution is -2.25. The Balaban J connectivity index is 1.63. The minimum absolute atomic E-state index is 0.0525. The Morgan fingerprint density at radius 2 is 1.85 bits per heavy atom. The lowest BCUT2D eigenvalue weighted by atomic mass is 10.1. The second kappa shape index (κ2) is 8.08. The van der Waals surface area contributed by atoms with Gasteiger partial charge in [0.05, 0.1) is 19.3 Å². The van der Waals surface area contributed by atoms with E-state index in [1.165, 1.54) is 0 Å². The first-order valence-corrected chi connectivity index (χ1v) is 8.91. The van der Waals surface area contributed by atoms with E-state index in [4.69, 9.17) is 13.9 Å². The number of esters is 1. The number of ketones is 1.